The van der Waals surface area contributed by atoms with Gasteiger partial charge in [-0.05, 0) is 19.1 Å². The molecule has 0 aliphatic rings. The van der Waals surface area contributed by atoms with Gasteiger partial charge in [0.25, 0.3) is 0 Å². The van der Waals surface area contributed by atoms with Gasteiger partial charge < -0.3 is 8.92 Å². The molecule has 0 unspecified atom stereocenters. The third-order valence-electron chi connectivity index (χ3n) is 1.80. The van der Waals surface area contributed by atoms with Crippen molar-refractivity contribution in [2.24, 2.45) is 0 Å². The largest absolute Gasteiger partial charge is 0.439 e. The standard InChI is InChI=1S/C10H10F3NO5S/c1-7-2-4-8(5-3-7)19-20(16,17)14-9(15)18-6-10(11,12)13/h2-5H,6H2,1H3,(H,14,15). The molecule has 0 aromatic heterocycles. The highest BCUT2D eigenvalue weighted by Crippen LogP contribution is 2.15. The average Bonchev–Trinajstić information content (AvgIpc) is 2.28. The molecule has 1 aromatic rings. The normalized spacial score (nSPS) is 11.8. The van der Waals surface area contributed by atoms with Gasteiger partial charge in [-0.15, -0.1) is 0 Å². The molecule has 0 saturated heterocycles. The van der Waals surface area contributed by atoms with Crippen LogP contribution in [0.2, 0.25) is 0 Å². The van der Waals surface area contributed by atoms with Crippen molar-refractivity contribution in [1.82, 2.24) is 4.72 Å². The van der Waals surface area contributed by atoms with Gasteiger partial charge >= 0.3 is 22.6 Å². The molecule has 0 bridgehead atoms. The Hall–Kier alpha value is -1.97. The molecule has 0 radical (unpaired) electrons. The lowest BCUT2D eigenvalue weighted by atomic mass is 10.2. The average molecular weight is 313 g/mol. The fraction of sp³-hybridized carbons (Fsp3) is 0.300. The number of carbonyl (C=O) groups is 1. The predicted octanol–water partition coefficient (Wildman–Crippen LogP) is 1.91. The molecule has 0 aliphatic carbocycles. The third kappa shape index (κ3) is 6.27. The number of amides is 1. The first-order valence-corrected chi connectivity index (χ1v) is 6.51. The Kier molecular flexibility index (Phi) is 4.82. The zero-order valence-corrected chi connectivity index (χ0v) is 10.9. The second kappa shape index (κ2) is 5.99. The number of aryl methyl sites for hydroxylation is 1. The molecule has 0 saturated carbocycles. The van der Waals surface area contributed by atoms with Crippen molar-refractivity contribution in [1.29, 1.82) is 0 Å². The van der Waals surface area contributed by atoms with Gasteiger partial charge in [0, 0.05) is 0 Å². The van der Waals surface area contributed by atoms with Crippen LogP contribution in [0.5, 0.6) is 5.75 Å². The lowest BCUT2D eigenvalue weighted by Crippen LogP contribution is -2.36. The Labute approximate surface area is 112 Å². The first kappa shape index (κ1) is 16.1. The van der Waals surface area contributed by atoms with Crippen molar-refractivity contribution in [2.75, 3.05) is 6.61 Å². The molecular formula is C10H10F3NO5S. The number of rotatable bonds is 4. The minimum atomic E-state index is -4.75. The number of halogens is 3. The number of hydrogen-bond acceptors (Lipinski definition) is 5. The highest BCUT2D eigenvalue weighted by molar-refractivity contribution is 7.85. The summed E-state index contributed by atoms with van der Waals surface area (Å²) in [6, 6.07) is 5.73. The SMILES string of the molecule is Cc1ccc(OS(=O)(=O)NC(=O)OCC(F)(F)F)cc1. The van der Waals surface area contributed by atoms with Crippen LogP contribution in [0.3, 0.4) is 0 Å². The molecule has 20 heavy (non-hydrogen) atoms. The van der Waals surface area contributed by atoms with E-state index in [1.165, 1.54) is 16.9 Å². The summed E-state index contributed by atoms with van der Waals surface area (Å²) in [6.45, 7) is -0.149. The minimum absolute atomic E-state index is 0.105. The van der Waals surface area contributed by atoms with Crippen molar-refractivity contribution in [3.05, 3.63) is 29.8 Å². The van der Waals surface area contributed by atoms with Crippen LogP contribution in [0.15, 0.2) is 24.3 Å². The van der Waals surface area contributed by atoms with Crippen LogP contribution in [-0.4, -0.2) is 27.3 Å². The lowest BCUT2D eigenvalue weighted by molar-refractivity contribution is -0.160. The van der Waals surface area contributed by atoms with Crippen LogP contribution in [0.4, 0.5) is 18.0 Å². The number of ether oxygens (including phenoxy) is 1. The Balaban J connectivity index is 2.57. The maximum atomic E-state index is 11.7. The van der Waals surface area contributed by atoms with Gasteiger partial charge in [0.05, 0.1) is 0 Å². The molecule has 1 amide bonds. The van der Waals surface area contributed by atoms with Gasteiger partial charge in [-0.2, -0.15) is 26.3 Å². The van der Waals surface area contributed by atoms with Gasteiger partial charge in [-0.25, -0.2) is 4.79 Å². The van der Waals surface area contributed by atoms with E-state index in [9.17, 15) is 26.4 Å². The van der Waals surface area contributed by atoms with Crippen LogP contribution in [-0.2, 0) is 15.0 Å². The molecule has 0 spiro atoms. The van der Waals surface area contributed by atoms with E-state index in [1.807, 2.05) is 0 Å². The summed E-state index contributed by atoms with van der Waals surface area (Å²) in [6.07, 6.45) is -6.53. The zero-order valence-electron chi connectivity index (χ0n) is 10.1. The number of benzene rings is 1. The van der Waals surface area contributed by atoms with Crippen molar-refractivity contribution in [3.8, 4) is 5.75 Å². The molecule has 1 N–H and O–H groups in total. The van der Waals surface area contributed by atoms with E-state index in [0.29, 0.717) is 0 Å². The molecule has 0 fully saturated rings. The topological polar surface area (TPSA) is 81.7 Å². The van der Waals surface area contributed by atoms with Crippen molar-refractivity contribution in [2.45, 2.75) is 13.1 Å². The maximum Gasteiger partial charge on any atom is 0.423 e. The van der Waals surface area contributed by atoms with E-state index in [2.05, 4.69) is 8.92 Å². The first-order chi connectivity index (χ1) is 9.07. The molecule has 1 rings (SSSR count). The summed E-state index contributed by atoms with van der Waals surface area (Å²) < 4.78 is 67.1. The van der Waals surface area contributed by atoms with E-state index in [0.717, 1.165) is 5.56 Å². The molecule has 1 aromatic carbocycles. The van der Waals surface area contributed by atoms with Crippen LogP contribution in [0, 0.1) is 6.92 Å². The molecule has 0 atom stereocenters. The molecule has 0 heterocycles. The van der Waals surface area contributed by atoms with Crippen LogP contribution < -0.4 is 8.91 Å². The summed E-state index contributed by atoms with van der Waals surface area (Å²) in [5.74, 6) is -0.105. The van der Waals surface area contributed by atoms with Gasteiger partial charge in [0.1, 0.15) is 5.75 Å². The molecular weight excluding hydrogens is 303 g/mol. The Morgan fingerprint density at radius 3 is 2.30 bits per heavy atom. The molecule has 0 aliphatic heterocycles. The Bertz CT molecular complexity index is 568. The van der Waals surface area contributed by atoms with Crippen LogP contribution in [0.25, 0.3) is 0 Å². The number of carbonyl (C=O) groups excluding carboxylic acids is 1. The van der Waals surface area contributed by atoms with Gasteiger partial charge in [0.2, 0.25) is 0 Å². The number of nitrogens with one attached hydrogen (secondary N) is 1. The summed E-state index contributed by atoms with van der Waals surface area (Å²) in [5, 5.41) is 0. The molecule has 112 valence electrons. The smallest absolute Gasteiger partial charge is 0.423 e. The van der Waals surface area contributed by atoms with Crippen molar-refractivity contribution < 1.29 is 35.3 Å². The lowest BCUT2D eigenvalue weighted by Gasteiger charge is -2.10. The summed E-state index contributed by atoms with van der Waals surface area (Å²) in [5.41, 5.74) is 0.840. The monoisotopic (exact) mass is 313 g/mol. The van der Waals surface area contributed by atoms with Gasteiger partial charge in [-0.1, -0.05) is 17.7 Å². The summed E-state index contributed by atoms with van der Waals surface area (Å²) >= 11 is 0. The summed E-state index contributed by atoms with van der Waals surface area (Å²) in [4.78, 5) is 10.9. The summed E-state index contributed by atoms with van der Waals surface area (Å²) in [7, 11) is -4.61. The van der Waals surface area contributed by atoms with Crippen LogP contribution in [0.1, 0.15) is 5.56 Å². The highest BCUT2D eigenvalue weighted by Gasteiger charge is 2.30. The van der Waals surface area contributed by atoms with E-state index < -0.39 is 29.2 Å². The van der Waals surface area contributed by atoms with Crippen LogP contribution >= 0.6 is 0 Å². The number of hydrogen-bond donors (Lipinski definition) is 1. The first-order valence-electron chi connectivity index (χ1n) is 5.10. The van der Waals surface area contributed by atoms with Gasteiger partial charge in [0.15, 0.2) is 6.61 Å². The van der Waals surface area contributed by atoms with Crippen molar-refractivity contribution in [3.63, 3.8) is 0 Å². The van der Waals surface area contributed by atoms with E-state index in [4.69, 9.17) is 0 Å². The molecule has 10 heteroatoms. The highest BCUT2D eigenvalue weighted by atomic mass is 32.2. The van der Waals surface area contributed by atoms with Gasteiger partial charge in [-0.3, -0.25) is 0 Å². The fourth-order valence-electron chi connectivity index (χ4n) is 1.02. The zero-order chi connectivity index (χ0) is 15.4. The quantitative estimate of drug-likeness (QED) is 0.918. The predicted molar refractivity (Wildman–Crippen MR) is 61.3 cm³/mol. The Morgan fingerprint density at radius 1 is 1.25 bits per heavy atom. The van der Waals surface area contributed by atoms with E-state index in [1.54, 1.807) is 19.1 Å². The van der Waals surface area contributed by atoms with E-state index >= 15 is 0 Å². The van der Waals surface area contributed by atoms with E-state index in [-0.39, 0.29) is 5.75 Å². The second-order valence-electron chi connectivity index (χ2n) is 3.64. The van der Waals surface area contributed by atoms with Crippen molar-refractivity contribution >= 4 is 16.4 Å². The molecule has 6 nitrogen and oxygen atoms in total. The fourth-order valence-corrected chi connectivity index (χ4v) is 1.69. The Morgan fingerprint density at radius 2 is 1.80 bits per heavy atom. The maximum absolute atomic E-state index is 11.7. The second-order valence-corrected chi connectivity index (χ2v) is 4.92. The number of alkyl halides is 3. The third-order valence-corrected chi connectivity index (χ3v) is 2.63. The minimum Gasteiger partial charge on any atom is -0.439 e.